The lowest BCUT2D eigenvalue weighted by Crippen LogP contribution is -2.30. The number of para-hydroxylation sites is 2. The highest BCUT2D eigenvalue weighted by Crippen LogP contribution is 2.23. The van der Waals surface area contributed by atoms with Crippen molar-refractivity contribution in [2.24, 2.45) is 0 Å². The first-order valence-corrected chi connectivity index (χ1v) is 10.1. The van der Waals surface area contributed by atoms with Crippen molar-refractivity contribution < 1.29 is 19.1 Å². The summed E-state index contributed by atoms with van der Waals surface area (Å²) in [5.74, 6) is 0.630. The number of carbonyl (C=O) groups is 2. The molecule has 0 unspecified atom stereocenters. The van der Waals surface area contributed by atoms with Crippen molar-refractivity contribution in [2.75, 3.05) is 19.0 Å². The Hall–Kier alpha value is -3.80. The third kappa shape index (κ3) is 6.34. The monoisotopic (exact) mass is 418 g/mol. The Labute approximate surface area is 182 Å². The highest BCUT2D eigenvalue weighted by Gasteiger charge is 2.17. The summed E-state index contributed by atoms with van der Waals surface area (Å²) in [6, 6.07) is 23.9. The zero-order chi connectivity index (χ0) is 22.1. The van der Waals surface area contributed by atoms with Crippen molar-refractivity contribution in [2.45, 2.75) is 19.4 Å². The van der Waals surface area contributed by atoms with Gasteiger partial charge in [0, 0.05) is 12.1 Å². The largest absolute Gasteiger partial charge is 0.495 e. The highest BCUT2D eigenvalue weighted by atomic mass is 16.5. The number of amides is 2. The molecule has 0 aliphatic carbocycles. The van der Waals surface area contributed by atoms with E-state index in [2.05, 4.69) is 10.6 Å². The van der Waals surface area contributed by atoms with Crippen LogP contribution in [0, 0.1) is 0 Å². The van der Waals surface area contributed by atoms with Crippen LogP contribution in [0.2, 0.25) is 0 Å². The molecular weight excluding hydrogens is 392 g/mol. The van der Waals surface area contributed by atoms with Gasteiger partial charge in [-0.2, -0.15) is 0 Å². The van der Waals surface area contributed by atoms with Crippen LogP contribution in [0.1, 0.15) is 22.8 Å². The fraction of sp³-hybridized carbons (Fsp3) is 0.200. The summed E-state index contributed by atoms with van der Waals surface area (Å²) in [5.41, 5.74) is 2.28. The second-order valence-electron chi connectivity index (χ2n) is 6.97. The van der Waals surface area contributed by atoms with Gasteiger partial charge in [-0.3, -0.25) is 9.59 Å². The van der Waals surface area contributed by atoms with Gasteiger partial charge in [0.1, 0.15) is 11.5 Å². The maximum absolute atomic E-state index is 12.4. The van der Waals surface area contributed by atoms with Crippen LogP contribution in [-0.4, -0.2) is 31.6 Å². The number of ether oxygens (including phenoxy) is 2. The fourth-order valence-electron chi connectivity index (χ4n) is 2.99. The van der Waals surface area contributed by atoms with E-state index in [1.807, 2.05) is 42.5 Å². The van der Waals surface area contributed by atoms with Crippen LogP contribution < -0.4 is 20.1 Å². The maximum Gasteiger partial charge on any atom is 0.265 e. The van der Waals surface area contributed by atoms with E-state index in [4.69, 9.17) is 9.47 Å². The van der Waals surface area contributed by atoms with Crippen LogP contribution in [0.5, 0.6) is 11.5 Å². The number of anilines is 1. The van der Waals surface area contributed by atoms with Crippen LogP contribution in [0.3, 0.4) is 0 Å². The molecule has 160 valence electrons. The van der Waals surface area contributed by atoms with E-state index < -0.39 is 6.10 Å². The normalized spacial score (nSPS) is 11.3. The molecular formula is C25H26N2O4. The molecule has 0 bridgehead atoms. The van der Waals surface area contributed by atoms with Gasteiger partial charge in [0.15, 0.2) is 6.10 Å². The molecule has 0 aliphatic rings. The van der Waals surface area contributed by atoms with Gasteiger partial charge in [0.25, 0.3) is 11.8 Å². The first-order chi connectivity index (χ1) is 15.1. The van der Waals surface area contributed by atoms with Crippen molar-refractivity contribution in [1.82, 2.24) is 5.32 Å². The van der Waals surface area contributed by atoms with Gasteiger partial charge >= 0.3 is 0 Å². The molecule has 31 heavy (non-hydrogen) atoms. The van der Waals surface area contributed by atoms with Crippen LogP contribution >= 0.6 is 0 Å². The third-order valence-electron chi connectivity index (χ3n) is 4.71. The summed E-state index contributed by atoms with van der Waals surface area (Å²) in [6.07, 6.45) is 0.0440. The lowest BCUT2D eigenvalue weighted by atomic mass is 10.1. The van der Waals surface area contributed by atoms with Crippen LogP contribution in [0.15, 0.2) is 78.9 Å². The Kier molecular flexibility index (Phi) is 7.65. The molecule has 0 saturated heterocycles. The number of benzene rings is 3. The standard InChI is InChI=1S/C25H26N2O4/c1-18(24(28)27-22-10-6-7-11-23(22)30-2)31-21-14-12-20(13-15-21)25(29)26-17-16-19-8-4-3-5-9-19/h3-15,18H,16-17H2,1-2H3,(H,26,29)(H,27,28)/t18-/m1/s1. The number of carbonyl (C=O) groups excluding carboxylic acids is 2. The van der Waals surface area contributed by atoms with Gasteiger partial charge in [-0.15, -0.1) is 0 Å². The molecule has 6 nitrogen and oxygen atoms in total. The minimum absolute atomic E-state index is 0.149. The summed E-state index contributed by atoms with van der Waals surface area (Å²) < 4.78 is 11.0. The highest BCUT2D eigenvalue weighted by molar-refractivity contribution is 5.95. The Bertz CT molecular complexity index is 1000. The lowest BCUT2D eigenvalue weighted by molar-refractivity contribution is -0.122. The van der Waals surface area contributed by atoms with E-state index in [9.17, 15) is 9.59 Å². The topological polar surface area (TPSA) is 76.7 Å². The molecule has 0 aromatic heterocycles. The molecule has 0 spiro atoms. The zero-order valence-corrected chi connectivity index (χ0v) is 17.6. The summed E-state index contributed by atoms with van der Waals surface area (Å²) >= 11 is 0. The Morgan fingerprint density at radius 1 is 0.903 bits per heavy atom. The summed E-state index contributed by atoms with van der Waals surface area (Å²) in [6.45, 7) is 2.22. The minimum Gasteiger partial charge on any atom is -0.495 e. The predicted molar refractivity (Wildman–Crippen MR) is 121 cm³/mol. The van der Waals surface area contributed by atoms with Gasteiger partial charge < -0.3 is 20.1 Å². The first kappa shape index (κ1) is 21.9. The van der Waals surface area contributed by atoms with Crippen molar-refractivity contribution >= 4 is 17.5 Å². The molecule has 2 N–H and O–H groups in total. The van der Waals surface area contributed by atoms with E-state index in [1.165, 1.54) is 5.56 Å². The molecule has 3 aromatic rings. The van der Waals surface area contributed by atoms with E-state index in [-0.39, 0.29) is 11.8 Å². The van der Waals surface area contributed by atoms with E-state index in [0.29, 0.717) is 29.3 Å². The number of hydrogen-bond acceptors (Lipinski definition) is 4. The van der Waals surface area contributed by atoms with Crippen molar-refractivity contribution in [3.63, 3.8) is 0 Å². The average Bonchev–Trinajstić information content (AvgIpc) is 2.80. The number of nitrogens with one attached hydrogen (secondary N) is 2. The molecule has 0 saturated carbocycles. The molecule has 3 rings (SSSR count). The molecule has 1 atom stereocenters. The molecule has 0 heterocycles. The van der Waals surface area contributed by atoms with Crippen LogP contribution in [0.4, 0.5) is 5.69 Å². The van der Waals surface area contributed by atoms with Crippen molar-refractivity contribution in [3.8, 4) is 11.5 Å². The van der Waals surface area contributed by atoms with Crippen molar-refractivity contribution in [3.05, 3.63) is 90.0 Å². The quantitative estimate of drug-likeness (QED) is 0.549. The summed E-state index contributed by atoms with van der Waals surface area (Å²) in [4.78, 5) is 24.8. The van der Waals surface area contributed by atoms with Gasteiger partial charge in [0.05, 0.1) is 12.8 Å². The SMILES string of the molecule is COc1ccccc1NC(=O)[C@@H](C)Oc1ccc(C(=O)NCCc2ccccc2)cc1. The molecule has 6 heteroatoms. The molecule has 3 aromatic carbocycles. The first-order valence-electron chi connectivity index (χ1n) is 10.1. The molecule has 2 amide bonds. The van der Waals surface area contributed by atoms with Crippen LogP contribution in [0.25, 0.3) is 0 Å². The Morgan fingerprint density at radius 2 is 1.58 bits per heavy atom. The number of hydrogen-bond donors (Lipinski definition) is 2. The maximum atomic E-state index is 12.4. The minimum atomic E-state index is -0.726. The Morgan fingerprint density at radius 3 is 2.29 bits per heavy atom. The second-order valence-corrected chi connectivity index (χ2v) is 6.97. The number of methoxy groups -OCH3 is 1. The predicted octanol–water partition coefficient (Wildman–Crippen LogP) is 4.07. The summed E-state index contributed by atoms with van der Waals surface area (Å²) in [7, 11) is 1.55. The van der Waals surface area contributed by atoms with Gasteiger partial charge in [0.2, 0.25) is 0 Å². The van der Waals surface area contributed by atoms with Gasteiger partial charge in [-0.1, -0.05) is 42.5 Å². The number of rotatable bonds is 9. The molecule has 0 fully saturated rings. The third-order valence-corrected chi connectivity index (χ3v) is 4.71. The fourth-order valence-corrected chi connectivity index (χ4v) is 2.99. The van der Waals surface area contributed by atoms with Crippen LogP contribution in [-0.2, 0) is 11.2 Å². The van der Waals surface area contributed by atoms with Crippen molar-refractivity contribution in [1.29, 1.82) is 0 Å². The zero-order valence-electron chi connectivity index (χ0n) is 17.6. The van der Waals surface area contributed by atoms with E-state index in [0.717, 1.165) is 6.42 Å². The van der Waals surface area contributed by atoms with Gasteiger partial charge in [-0.25, -0.2) is 0 Å². The van der Waals surface area contributed by atoms with E-state index in [1.54, 1.807) is 50.4 Å². The van der Waals surface area contributed by atoms with E-state index >= 15 is 0 Å². The van der Waals surface area contributed by atoms with Gasteiger partial charge in [-0.05, 0) is 55.3 Å². The molecule has 0 radical (unpaired) electrons. The lowest BCUT2D eigenvalue weighted by Gasteiger charge is -2.16. The summed E-state index contributed by atoms with van der Waals surface area (Å²) in [5, 5.41) is 5.70. The molecule has 0 aliphatic heterocycles. The smallest absolute Gasteiger partial charge is 0.265 e. The Balaban J connectivity index is 1.50. The second kappa shape index (κ2) is 10.8. The average molecular weight is 418 g/mol.